The Morgan fingerprint density at radius 2 is 1.53 bits per heavy atom. The molecule has 15 heavy (non-hydrogen) atoms. The average molecular weight is 216 g/mol. The topological polar surface area (TPSA) is 72.2 Å². The molecule has 0 aromatic carbocycles. The van der Waals surface area contributed by atoms with Crippen LogP contribution in [0.5, 0.6) is 0 Å². The van der Waals surface area contributed by atoms with Crippen molar-refractivity contribution in [1.82, 2.24) is 5.32 Å². The van der Waals surface area contributed by atoms with Crippen LogP contribution in [0.1, 0.15) is 41.5 Å². The number of nitrogens with two attached hydrogens (primary N) is 1. The van der Waals surface area contributed by atoms with E-state index in [1.807, 2.05) is 27.7 Å². The Balaban J connectivity index is 0. The van der Waals surface area contributed by atoms with Crippen LogP contribution in [0.15, 0.2) is 0 Å². The van der Waals surface area contributed by atoms with Crippen molar-refractivity contribution in [2.45, 2.75) is 53.6 Å². The second-order valence-electron chi connectivity index (χ2n) is 3.61. The molecular formula is C11H24N2O2. The molecule has 90 valence electrons. The summed E-state index contributed by atoms with van der Waals surface area (Å²) in [6, 6.07) is -0.987. The van der Waals surface area contributed by atoms with E-state index in [0.29, 0.717) is 0 Å². The Morgan fingerprint density at radius 1 is 1.13 bits per heavy atom. The number of nitrogens with one attached hydrogen (secondary N) is 1. The maximum Gasteiger partial charge on any atom is 0.237 e. The van der Waals surface area contributed by atoms with E-state index in [2.05, 4.69) is 5.32 Å². The molecule has 0 aliphatic heterocycles. The summed E-state index contributed by atoms with van der Waals surface area (Å²) in [6.07, 6.45) is 0. The van der Waals surface area contributed by atoms with Gasteiger partial charge in [0.25, 0.3) is 0 Å². The Kier molecular flexibility index (Phi) is 9.27. The van der Waals surface area contributed by atoms with Crippen LogP contribution < -0.4 is 11.1 Å². The number of rotatable bonds is 4. The Morgan fingerprint density at radius 3 is 1.80 bits per heavy atom. The van der Waals surface area contributed by atoms with Crippen LogP contribution in [0.3, 0.4) is 0 Å². The molecule has 0 saturated heterocycles. The number of amides is 1. The zero-order valence-electron chi connectivity index (χ0n) is 10.6. The predicted octanol–water partition coefficient (Wildman–Crippen LogP) is 1.09. The minimum absolute atomic E-state index is 0.0655. The van der Waals surface area contributed by atoms with Crippen molar-refractivity contribution < 1.29 is 9.59 Å². The lowest BCUT2D eigenvalue weighted by atomic mass is 10.0. The highest BCUT2D eigenvalue weighted by atomic mass is 16.2. The molecule has 1 amide bonds. The summed E-state index contributed by atoms with van der Waals surface area (Å²) in [7, 11) is 0. The van der Waals surface area contributed by atoms with Crippen LogP contribution in [0, 0.1) is 5.92 Å². The molecule has 0 aromatic heterocycles. The van der Waals surface area contributed by atoms with Crippen molar-refractivity contribution in [3.63, 3.8) is 0 Å². The lowest BCUT2D eigenvalue weighted by Crippen LogP contribution is -2.48. The van der Waals surface area contributed by atoms with E-state index in [1.54, 1.807) is 6.92 Å². The van der Waals surface area contributed by atoms with Crippen LogP contribution in [0.4, 0.5) is 0 Å². The predicted molar refractivity (Wildman–Crippen MR) is 62.4 cm³/mol. The first-order valence-corrected chi connectivity index (χ1v) is 5.42. The molecule has 2 atom stereocenters. The first kappa shape index (κ1) is 16.5. The monoisotopic (exact) mass is 216 g/mol. The molecule has 0 fully saturated rings. The first-order valence-electron chi connectivity index (χ1n) is 5.42. The molecule has 0 heterocycles. The minimum Gasteiger partial charge on any atom is -0.345 e. The lowest BCUT2D eigenvalue weighted by Gasteiger charge is -2.17. The van der Waals surface area contributed by atoms with Crippen molar-refractivity contribution >= 4 is 11.7 Å². The molecule has 0 aliphatic rings. The highest BCUT2D eigenvalue weighted by Gasteiger charge is 2.19. The lowest BCUT2D eigenvalue weighted by molar-refractivity contribution is -0.127. The molecule has 4 nitrogen and oxygen atoms in total. The highest BCUT2D eigenvalue weighted by molar-refractivity contribution is 5.89. The second kappa shape index (κ2) is 8.41. The SMILES string of the molecule is CC.CC(=O)C(C)NC(=O)C(N)C(C)C. The third-order valence-electron chi connectivity index (χ3n) is 1.99. The molecule has 0 spiro atoms. The molecule has 2 unspecified atom stereocenters. The minimum atomic E-state index is -0.540. The summed E-state index contributed by atoms with van der Waals surface area (Å²) in [5.41, 5.74) is 5.59. The number of hydrogen-bond donors (Lipinski definition) is 2. The second-order valence-corrected chi connectivity index (χ2v) is 3.61. The van der Waals surface area contributed by atoms with E-state index in [9.17, 15) is 9.59 Å². The molecule has 0 bridgehead atoms. The fourth-order valence-corrected chi connectivity index (χ4v) is 0.714. The van der Waals surface area contributed by atoms with Gasteiger partial charge in [-0.1, -0.05) is 27.7 Å². The summed E-state index contributed by atoms with van der Waals surface area (Å²) in [5, 5.41) is 2.55. The summed E-state index contributed by atoms with van der Waals surface area (Å²) >= 11 is 0. The Hall–Kier alpha value is -0.900. The van der Waals surface area contributed by atoms with Gasteiger partial charge in [-0.2, -0.15) is 0 Å². The van der Waals surface area contributed by atoms with Gasteiger partial charge in [-0.15, -0.1) is 0 Å². The largest absolute Gasteiger partial charge is 0.345 e. The van der Waals surface area contributed by atoms with Gasteiger partial charge in [0, 0.05) is 0 Å². The fraction of sp³-hybridized carbons (Fsp3) is 0.818. The quantitative estimate of drug-likeness (QED) is 0.739. The zero-order chi connectivity index (χ0) is 12.6. The van der Waals surface area contributed by atoms with Crippen LogP contribution in [-0.2, 0) is 9.59 Å². The van der Waals surface area contributed by atoms with Gasteiger partial charge in [0.1, 0.15) is 0 Å². The van der Waals surface area contributed by atoms with Crippen molar-refractivity contribution in [3.8, 4) is 0 Å². The average Bonchev–Trinajstić information content (AvgIpc) is 2.19. The van der Waals surface area contributed by atoms with Gasteiger partial charge in [-0.25, -0.2) is 0 Å². The molecule has 0 saturated carbocycles. The van der Waals surface area contributed by atoms with Gasteiger partial charge in [0.05, 0.1) is 12.1 Å². The highest BCUT2D eigenvalue weighted by Crippen LogP contribution is 1.98. The third-order valence-corrected chi connectivity index (χ3v) is 1.99. The molecule has 3 N–H and O–H groups in total. The molecule has 4 heteroatoms. The van der Waals surface area contributed by atoms with Crippen molar-refractivity contribution in [2.24, 2.45) is 11.7 Å². The van der Waals surface area contributed by atoms with Gasteiger partial charge in [-0.05, 0) is 19.8 Å². The molecule has 0 aromatic rings. The maximum atomic E-state index is 11.3. The van der Waals surface area contributed by atoms with E-state index < -0.39 is 12.1 Å². The zero-order valence-corrected chi connectivity index (χ0v) is 10.6. The number of hydrogen-bond acceptors (Lipinski definition) is 3. The van der Waals surface area contributed by atoms with Crippen molar-refractivity contribution in [2.75, 3.05) is 0 Å². The normalized spacial score (nSPS) is 13.6. The summed E-state index contributed by atoms with van der Waals surface area (Å²) < 4.78 is 0. The fourth-order valence-electron chi connectivity index (χ4n) is 0.714. The van der Waals surface area contributed by atoms with Crippen LogP contribution in [0.2, 0.25) is 0 Å². The first-order chi connectivity index (χ1) is 6.86. The van der Waals surface area contributed by atoms with Crippen LogP contribution in [0.25, 0.3) is 0 Å². The van der Waals surface area contributed by atoms with E-state index in [-0.39, 0.29) is 17.6 Å². The van der Waals surface area contributed by atoms with E-state index in [0.717, 1.165) is 0 Å². The van der Waals surface area contributed by atoms with Gasteiger partial charge < -0.3 is 11.1 Å². The van der Waals surface area contributed by atoms with Crippen molar-refractivity contribution in [3.05, 3.63) is 0 Å². The smallest absolute Gasteiger partial charge is 0.237 e. The molecular weight excluding hydrogens is 192 g/mol. The standard InChI is InChI=1S/C9H18N2O2.C2H6/c1-5(2)8(10)9(13)11-6(3)7(4)12;1-2/h5-6,8H,10H2,1-4H3,(H,11,13);1-2H3. The third kappa shape index (κ3) is 7.08. The molecule has 0 radical (unpaired) electrons. The van der Waals surface area contributed by atoms with E-state index in [4.69, 9.17) is 5.73 Å². The number of ketones is 1. The summed E-state index contributed by atoms with van der Waals surface area (Å²) in [5.74, 6) is -0.249. The molecule has 0 rings (SSSR count). The summed E-state index contributed by atoms with van der Waals surface area (Å²) in [6.45, 7) is 10.8. The van der Waals surface area contributed by atoms with Gasteiger partial charge in [-0.3, -0.25) is 9.59 Å². The van der Waals surface area contributed by atoms with Crippen LogP contribution >= 0.6 is 0 Å². The van der Waals surface area contributed by atoms with E-state index in [1.165, 1.54) is 6.92 Å². The van der Waals surface area contributed by atoms with Gasteiger partial charge in [0.2, 0.25) is 5.91 Å². The number of carbonyl (C=O) groups excluding carboxylic acids is 2. The maximum absolute atomic E-state index is 11.3. The molecule has 0 aliphatic carbocycles. The van der Waals surface area contributed by atoms with Crippen LogP contribution in [-0.4, -0.2) is 23.8 Å². The number of carbonyl (C=O) groups is 2. The van der Waals surface area contributed by atoms with Crippen molar-refractivity contribution in [1.29, 1.82) is 0 Å². The van der Waals surface area contributed by atoms with E-state index >= 15 is 0 Å². The number of Topliss-reactive ketones (excluding diaryl/α,β-unsaturated/α-hetero) is 1. The summed E-state index contributed by atoms with van der Waals surface area (Å²) in [4.78, 5) is 22.1. The van der Waals surface area contributed by atoms with Gasteiger partial charge >= 0.3 is 0 Å². The Labute approximate surface area is 92.6 Å². The van der Waals surface area contributed by atoms with Gasteiger partial charge in [0.15, 0.2) is 5.78 Å². The Bertz CT molecular complexity index is 203.